The Labute approximate surface area is 188 Å². The highest BCUT2D eigenvalue weighted by atomic mass is 16.5. The van der Waals surface area contributed by atoms with E-state index < -0.39 is 0 Å². The van der Waals surface area contributed by atoms with Crippen molar-refractivity contribution in [1.29, 1.82) is 0 Å². The number of hydrogen-bond acceptors (Lipinski definition) is 5. The van der Waals surface area contributed by atoms with E-state index in [9.17, 15) is 0 Å². The Bertz CT molecular complexity index is 1040. The molecule has 0 radical (unpaired) electrons. The Morgan fingerprint density at radius 2 is 1.88 bits per heavy atom. The summed E-state index contributed by atoms with van der Waals surface area (Å²) in [7, 11) is 1.82. The van der Waals surface area contributed by atoms with E-state index in [2.05, 4.69) is 55.4 Å². The normalized spacial score (nSPS) is 21.5. The first-order valence-corrected chi connectivity index (χ1v) is 11.2. The van der Waals surface area contributed by atoms with Gasteiger partial charge in [0.05, 0.1) is 31.5 Å². The van der Waals surface area contributed by atoms with Crippen LogP contribution >= 0.6 is 0 Å². The van der Waals surface area contributed by atoms with Crippen LogP contribution in [0.5, 0.6) is 0 Å². The summed E-state index contributed by atoms with van der Waals surface area (Å²) in [6.45, 7) is 4.87. The molecule has 3 aromatic rings. The fraction of sp³-hybridized carbons (Fsp3) is 0.360. The molecular formula is C25H29N5O2. The zero-order chi connectivity index (χ0) is 21.8. The minimum Gasteiger partial charge on any atom is -0.439 e. The van der Waals surface area contributed by atoms with Crippen LogP contribution in [-0.4, -0.2) is 66.2 Å². The first-order chi connectivity index (χ1) is 15.8. The molecule has 3 heterocycles. The molecule has 0 saturated carbocycles. The van der Waals surface area contributed by atoms with E-state index in [4.69, 9.17) is 9.15 Å². The molecule has 7 nitrogen and oxygen atoms in total. The summed E-state index contributed by atoms with van der Waals surface area (Å²) < 4.78 is 12.0. The summed E-state index contributed by atoms with van der Waals surface area (Å²) in [4.78, 5) is 13.7. The molecule has 5 rings (SSSR count). The Hall–Kier alpha value is -3.16. The van der Waals surface area contributed by atoms with E-state index in [0.717, 1.165) is 50.1 Å². The maximum atomic E-state index is 6.11. The highest BCUT2D eigenvalue weighted by Gasteiger charge is 2.41. The van der Waals surface area contributed by atoms with Crippen LogP contribution in [0.1, 0.15) is 11.5 Å². The second kappa shape index (κ2) is 9.54. The molecule has 0 spiro atoms. The van der Waals surface area contributed by atoms with Crippen molar-refractivity contribution in [2.45, 2.75) is 25.2 Å². The van der Waals surface area contributed by atoms with Crippen LogP contribution in [-0.2, 0) is 17.8 Å². The van der Waals surface area contributed by atoms with E-state index in [0.29, 0.717) is 18.5 Å². The molecule has 2 aromatic carbocycles. The van der Waals surface area contributed by atoms with Crippen molar-refractivity contribution in [3.63, 3.8) is 0 Å². The predicted molar refractivity (Wildman–Crippen MR) is 124 cm³/mol. The van der Waals surface area contributed by atoms with Gasteiger partial charge in [-0.25, -0.2) is 4.98 Å². The lowest BCUT2D eigenvalue weighted by atomic mass is 10.1. The van der Waals surface area contributed by atoms with Crippen molar-refractivity contribution in [3.8, 4) is 11.3 Å². The van der Waals surface area contributed by atoms with Crippen molar-refractivity contribution in [2.24, 2.45) is 4.99 Å². The second-order valence-corrected chi connectivity index (χ2v) is 8.22. The topological polar surface area (TPSA) is 66.1 Å². The van der Waals surface area contributed by atoms with Crippen molar-refractivity contribution >= 4 is 5.96 Å². The third-order valence-corrected chi connectivity index (χ3v) is 6.17. The van der Waals surface area contributed by atoms with Crippen LogP contribution in [0, 0.1) is 0 Å². The van der Waals surface area contributed by atoms with Gasteiger partial charge in [-0.15, -0.1) is 0 Å². The van der Waals surface area contributed by atoms with E-state index in [1.54, 1.807) is 6.20 Å². The van der Waals surface area contributed by atoms with Gasteiger partial charge in [-0.3, -0.25) is 9.89 Å². The molecule has 2 atom stereocenters. The maximum absolute atomic E-state index is 6.11. The minimum atomic E-state index is 0.192. The molecular weight excluding hydrogens is 402 g/mol. The molecule has 32 heavy (non-hydrogen) atoms. The number of morpholine rings is 1. The summed E-state index contributed by atoms with van der Waals surface area (Å²) in [5.74, 6) is 2.26. The van der Waals surface area contributed by atoms with E-state index in [-0.39, 0.29) is 6.10 Å². The Balaban J connectivity index is 1.20. The smallest absolute Gasteiger partial charge is 0.214 e. The Morgan fingerprint density at radius 1 is 1.09 bits per heavy atom. The standard InChI is InChI=1S/C25H29N5O2/c1-26-25(28-15-24-27-14-22(32-24)20-10-6-3-7-11-20)30-17-21-23(18-30)31-13-12-29(21)16-19-8-4-2-5-9-19/h2-11,14,21,23H,12-13,15-18H2,1H3,(H,26,28). The van der Waals surface area contributed by atoms with Crippen LogP contribution in [0.2, 0.25) is 0 Å². The largest absolute Gasteiger partial charge is 0.439 e. The fourth-order valence-electron chi connectivity index (χ4n) is 4.56. The molecule has 7 heteroatoms. The van der Waals surface area contributed by atoms with Gasteiger partial charge in [-0.2, -0.15) is 0 Å². The number of oxazole rings is 1. The lowest BCUT2D eigenvalue weighted by Gasteiger charge is -2.36. The van der Waals surface area contributed by atoms with Crippen LogP contribution < -0.4 is 5.32 Å². The van der Waals surface area contributed by atoms with Gasteiger partial charge in [0, 0.05) is 38.8 Å². The molecule has 166 valence electrons. The van der Waals surface area contributed by atoms with Crippen LogP contribution in [0.15, 0.2) is 76.3 Å². The molecule has 2 aliphatic heterocycles. The summed E-state index contributed by atoms with van der Waals surface area (Å²) in [5.41, 5.74) is 2.36. The molecule has 1 aromatic heterocycles. The number of likely N-dealkylation sites (tertiary alicyclic amines) is 1. The van der Waals surface area contributed by atoms with Gasteiger partial charge < -0.3 is 19.4 Å². The summed E-state index contributed by atoms with van der Waals surface area (Å²) in [6.07, 6.45) is 1.96. The predicted octanol–water partition coefficient (Wildman–Crippen LogP) is 3.00. The molecule has 0 aliphatic carbocycles. The third-order valence-electron chi connectivity index (χ3n) is 6.17. The second-order valence-electron chi connectivity index (χ2n) is 8.22. The number of nitrogens with one attached hydrogen (secondary N) is 1. The van der Waals surface area contributed by atoms with Gasteiger partial charge in [-0.1, -0.05) is 60.7 Å². The number of benzene rings is 2. The van der Waals surface area contributed by atoms with Crippen molar-refractivity contribution in [3.05, 3.63) is 78.3 Å². The average molecular weight is 432 g/mol. The third kappa shape index (κ3) is 4.54. The zero-order valence-electron chi connectivity index (χ0n) is 18.4. The molecule has 2 saturated heterocycles. The SMILES string of the molecule is CN=C(NCc1ncc(-c2ccccc2)o1)N1CC2OCCN(Cc3ccccc3)C2C1. The minimum absolute atomic E-state index is 0.192. The van der Waals surface area contributed by atoms with E-state index >= 15 is 0 Å². The first kappa shape index (κ1) is 20.7. The highest BCUT2D eigenvalue weighted by Crippen LogP contribution is 2.25. The van der Waals surface area contributed by atoms with Gasteiger partial charge in [-0.05, 0) is 5.56 Å². The van der Waals surface area contributed by atoms with Gasteiger partial charge in [0.25, 0.3) is 0 Å². The van der Waals surface area contributed by atoms with Crippen LogP contribution in [0.3, 0.4) is 0 Å². The Kier molecular flexibility index (Phi) is 6.18. The number of ether oxygens (including phenoxy) is 1. The molecule has 0 amide bonds. The summed E-state index contributed by atoms with van der Waals surface area (Å²) in [6, 6.07) is 21.0. The lowest BCUT2D eigenvalue weighted by molar-refractivity contribution is -0.0502. The van der Waals surface area contributed by atoms with Crippen molar-refractivity contribution < 1.29 is 9.15 Å². The van der Waals surface area contributed by atoms with Crippen molar-refractivity contribution in [1.82, 2.24) is 20.1 Å². The number of hydrogen-bond donors (Lipinski definition) is 1. The highest BCUT2D eigenvalue weighted by molar-refractivity contribution is 5.80. The number of guanidine groups is 1. The van der Waals surface area contributed by atoms with Gasteiger partial charge in [0.1, 0.15) is 0 Å². The maximum Gasteiger partial charge on any atom is 0.214 e. The molecule has 2 fully saturated rings. The zero-order valence-corrected chi connectivity index (χ0v) is 18.4. The van der Waals surface area contributed by atoms with Gasteiger partial charge >= 0.3 is 0 Å². The molecule has 0 bridgehead atoms. The monoisotopic (exact) mass is 431 g/mol. The van der Waals surface area contributed by atoms with E-state index in [1.807, 2.05) is 37.4 Å². The fourth-order valence-corrected chi connectivity index (χ4v) is 4.56. The Morgan fingerprint density at radius 3 is 2.66 bits per heavy atom. The molecule has 2 unspecified atom stereocenters. The van der Waals surface area contributed by atoms with E-state index in [1.165, 1.54) is 5.56 Å². The molecule has 2 aliphatic rings. The number of fused-ring (bicyclic) bond motifs is 1. The van der Waals surface area contributed by atoms with Gasteiger partial charge in [0.2, 0.25) is 5.89 Å². The summed E-state index contributed by atoms with van der Waals surface area (Å²) in [5, 5.41) is 3.41. The number of rotatable bonds is 5. The number of aromatic nitrogens is 1. The van der Waals surface area contributed by atoms with Crippen molar-refractivity contribution in [2.75, 3.05) is 33.3 Å². The van der Waals surface area contributed by atoms with Gasteiger partial charge in [0.15, 0.2) is 11.7 Å². The average Bonchev–Trinajstić information content (AvgIpc) is 3.49. The van der Waals surface area contributed by atoms with Crippen LogP contribution in [0.25, 0.3) is 11.3 Å². The lowest BCUT2D eigenvalue weighted by Crippen LogP contribution is -2.50. The van der Waals surface area contributed by atoms with Crippen LogP contribution in [0.4, 0.5) is 0 Å². The molecule has 1 N–H and O–H groups in total. The summed E-state index contributed by atoms with van der Waals surface area (Å²) >= 11 is 0. The quantitative estimate of drug-likeness (QED) is 0.495. The number of nitrogens with zero attached hydrogens (tertiary/aromatic N) is 4. The number of aliphatic imine (C=N–C) groups is 1. The first-order valence-electron chi connectivity index (χ1n) is 11.2.